The number of methoxy groups -OCH3 is 2. The first-order valence-electron chi connectivity index (χ1n) is 26.4. The SMILES string of the molecule is CO[C@@H]1C[C@@H](C[C@@H](C)[C@@H]2CC[C@H](C)/C=C(\C)[C@@H](O)[C@@H](OC)C(=O)[C@H](C)C[C@H](C)/C=C/C=C/C=C(\C)C(NS(=O)(=O)c3cccc(F)c3)C[C@@H]3CC[C@@H](C)[C@@](O)(O3)C(=O)C(=O)N3CCCC[C@H]3C(=O)O2)CC[C@H]1O. The number of carbonyl (C=O) groups is 4. The van der Waals surface area contributed by atoms with Gasteiger partial charge in [0.15, 0.2) is 5.78 Å². The second-order valence-corrected chi connectivity index (χ2v) is 23.3. The predicted octanol–water partition coefficient (Wildman–Crippen LogP) is 7.47. The van der Waals surface area contributed by atoms with E-state index in [4.69, 9.17) is 18.9 Å². The largest absolute Gasteiger partial charge is 0.461 e. The van der Waals surface area contributed by atoms with Crippen LogP contribution in [-0.4, -0.2) is 127 Å². The summed E-state index contributed by atoms with van der Waals surface area (Å²) in [6, 6.07) is 2.48. The van der Waals surface area contributed by atoms with E-state index >= 15 is 0 Å². The van der Waals surface area contributed by atoms with Gasteiger partial charge in [0.05, 0.1) is 23.2 Å². The van der Waals surface area contributed by atoms with Crippen LogP contribution in [0.1, 0.15) is 132 Å². The Balaban J connectivity index is 1.50. The van der Waals surface area contributed by atoms with Crippen LogP contribution in [-0.2, 0) is 48.1 Å². The van der Waals surface area contributed by atoms with Crippen LogP contribution >= 0.6 is 0 Å². The van der Waals surface area contributed by atoms with Crippen molar-refractivity contribution in [1.82, 2.24) is 9.62 Å². The van der Waals surface area contributed by atoms with Crippen LogP contribution in [0.5, 0.6) is 0 Å². The fourth-order valence-electron chi connectivity index (χ4n) is 11.1. The van der Waals surface area contributed by atoms with Crippen LogP contribution in [0.25, 0.3) is 0 Å². The molecule has 4 N–H and O–H groups in total. The van der Waals surface area contributed by atoms with Gasteiger partial charge in [-0.25, -0.2) is 22.3 Å². The molecule has 17 heteroatoms. The number of esters is 1. The number of benzene rings is 1. The zero-order valence-electron chi connectivity index (χ0n) is 44.4. The van der Waals surface area contributed by atoms with E-state index in [9.17, 15) is 47.3 Å². The highest BCUT2D eigenvalue weighted by molar-refractivity contribution is 7.89. The van der Waals surface area contributed by atoms with Crippen molar-refractivity contribution < 1.29 is 66.3 Å². The highest BCUT2D eigenvalue weighted by Crippen LogP contribution is 2.38. The second-order valence-electron chi connectivity index (χ2n) is 21.6. The number of sulfonamides is 1. The minimum absolute atomic E-state index is 0.0580. The number of carbonyl (C=O) groups excluding carboxylic acids is 4. The van der Waals surface area contributed by atoms with Gasteiger partial charge >= 0.3 is 5.97 Å². The third-order valence-electron chi connectivity index (χ3n) is 15.7. The summed E-state index contributed by atoms with van der Waals surface area (Å²) < 4.78 is 68.3. The number of hydrogen-bond acceptors (Lipinski definition) is 13. The minimum atomic E-state index is -4.32. The lowest BCUT2D eigenvalue weighted by Gasteiger charge is -2.43. The van der Waals surface area contributed by atoms with E-state index in [0.29, 0.717) is 68.9 Å². The average molecular weight is 1040 g/mol. The van der Waals surface area contributed by atoms with E-state index in [1.165, 1.54) is 24.1 Å². The molecule has 2 saturated heterocycles. The van der Waals surface area contributed by atoms with Gasteiger partial charge < -0.3 is 39.2 Å². The number of hydrogen-bond donors (Lipinski definition) is 4. The molecule has 0 radical (unpaired) electrons. The highest BCUT2D eigenvalue weighted by atomic mass is 32.2. The van der Waals surface area contributed by atoms with E-state index in [2.05, 4.69) is 4.72 Å². The van der Waals surface area contributed by atoms with Gasteiger partial charge in [-0.15, -0.1) is 0 Å². The number of halogens is 1. The maximum Gasteiger partial charge on any atom is 0.329 e. The number of allylic oxidation sites excluding steroid dienone is 6. The number of piperidine rings is 1. The fourth-order valence-corrected chi connectivity index (χ4v) is 12.4. The topological polar surface area (TPSA) is 215 Å². The lowest BCUT2D eigenvalue weighted by molar-refractivity contribution is -0.264. The van der Waals surface area contributed by atoms with Crippen LogP contribution in [0.2, 0.25) is 0 Å². The van der Waals surface area contributed by atoms with Gasteiger partial charge in [0.1, 0.15) is 30.2 Å². The first-order chi connectivity index (χ1) is 34.5. The van der Waals surface area contributed by atoms with Crippen molar-refractivity contribution in [3.05, 3.63) is 77.7 Å². The van der Waals surface area contributed by atoms with E-state index in [0.717, 1.165) is 18.6 Å². The number of ether oxygens (including phenoxy) is 4. The van der Waals surface area contributed by atoms with Gasteiger partial charge in [0.25, 0.3) is 11.7 Å². The van der Waals surface area contributed by atoms with Crippen molar-refractivity contribution in [2.45, 2.75) is 191 Å². The molecule has 1 aromatic carbocycles. The Labute approximate surface area is 433 Å². The average Bonchev–Trinajstić information content (AvgIpc) is 3.35. The molecule has 408 valence electrons. The van der Waals surface area contributed by atoms with Gasteiger partial charge in [-0.1, -0.05) is 82.7 Å². The highest BCUT2D eigenvalue weighted by Gasteiger charge is 2.53. The summed E-state index contributed by atoms with van der Waals surface area (Å²) in [6.45, 7) is 12.9. The van der Waals surface area contributed by atoms with E-state index in [1.807, 2.05) is 45.9 Å². The normalized spacial score (nSPS) is 37.4. The number of aliphatic hydroxyl groups is 3. The van der Waals surface area contributed by atoms with Crippen LogP contribution in [0.3, 0.4) is 0 Å². The third-order valence-corrected chi connectivity index (χ3v) is 17.2. The van der Waals surface area contributed by atoms with Crippen molar-refractivity contribution >= 4 is 33.5 Å². The first-order valence-corrected chi connectivity index (χ1v) is 27.9. The van der Waals surface area contributed by atoms with Gasteiger partial charge in [0.2, 0.25) is 15.8 Å². The van der Waals surface area contributed by atoms with Crippen molar-refractivity contribution in [3.8, 4) is 0 Å². The standard InChI is InChI=1S/C56H83FN2O13S/c1-34-16-11-10-12-17-36(3)45(58-73(67,68)44-19-15-18-42(57)32-44)33-43-24-22-40(7)56(66,72-43)53(63)54(64)59-27-14-13-20-46(59)55(65)71-48(37(4)30-41-23-25-47(60)49(31-41)69-8)26-21-35(2)29-39(6)51(62)52(70-9)50(61)38(5)28-34/h10-12,15-19,29,32,34-35,37-38,40-41,43,45-49,51-52,58,60,62,66H,13-14,20-28,30-31,33H2,1-9H3/b12-10+,16-11+,36-17+,39-29+/t34-,35+,37-,38-,40-,41-,43+,45?,46+,47-,48+,49-,51-,52+,56-/m1/s1. The van der Waals surface area contributed by atoms with Crippen LogP contribution in [0, 0.1) is 41.3 Å². The number of aliphatic hydroxyl groups excluding tert-OH is 2. The molecule has 3 aliphatic heterocycles. The zero-order chi connectivity index (χ0) is 53.8. The molecule has 73 heavy (non-hydrogen) atoms. The summed E-state index contributed by atoms with van der Waals surface area (Å²) in [7, 11) is -1.33. The quantitative estimate of drug-likeness (QED) is 0.113. The molecular weight excluding hydrogens is 960 g/mol. The predicted molar refractivity (Wildman–Crippen MR) is 274 cm³/mol. The van der Waals surface area contributed by atoms with Gasteiger partial charge in [-0.3, -0.25) is 14.4 Å². The summed E-state index contributed by atoms with van der Waals surface area (Å²) in [6.07, 6.45) is 11.9. The molecule has 0 aromatic heterocycles. The molecule has 1 aromatic rings. The van der Waals surface area contributed by atoms with Gasteiger partial charge in [0, 0.05) is 38.6 Å². The number of Topliss-reactive ketones (excluding diaryl/α,β-unsaturated/α-hetero) is 2. The molecule has 1 aliphatic carbocycles. The van der Waals surface area contributed by atoms with E-state index in [1.54, 1.807) is 46.1 Å². The molecular formula is C56H83FN2O13S. The Morgan fingerprint density at radius 1 is 0.877 bits per heavy atom. The zero-order valence-corrected chi connectivity index (χ0v) is 45.2. The molecule has 15 atom stereocenters. The van der Waals surface area contributed by atoms with Crippen molar-refractivity contribution in [2.24, 2.45) is 35.5 Å². The summed E-state index contributed by atoms with van der Waals surface area (Å²) >= 11 is 0. The molecule has 1 saturated carbocycles. The second kappa shape index (κ2) is 27.2. The lowest BCUT2D eigenvalue weighted by Crippen LogP contribution is -2.61. The van der Waals surface area contributed by atoms with Gasteiger partial charge in [-0.05, 0) is 145 Å². The van der Waals surface area contributed by atoms with Crippen LogP contribution in [0.15, 0.2) is 76.8 Å². The van der Waals surface area contributed by atoms with Crippen molar-refractivity contribution in [3.63, 3.8) is 0 Å². The summed E-state index contributed by atoms with van der Waals surface area (Å²) in [5.74, 6) is -8.04. The smallest absolute Gasteiger partial charge is 0.329 e. The summed E-state index contributed by atoms with van der Waals surface area (Å²) in [4.78, 5) is 58.1. The van der Waals surface area contributed by atoms with Gasteiger partial charge in [-0.2, -0.15) is 0 Å². The molecule has 15 nitrogen and oxygen atoms in total. The van der Waals surface area contributed by atoms with E-state index in [-0.39, 0.29) is 66.3 Å². The molecule has 3 heterocycles. The number of amides is 1. The Morgan fingerprint density at radius 2 is 1.62 bits per heavy atom. The molecule has 4 aliphatic rings. The molecule has 1 unspecified atom stereocenters. The van der Waals surface area contributed by atoms with Crippen LogP contribution in [0.4, 0.5) is 4.39 Å². The molecule has 2 bridgehead atoms. The first kappa shape index (κ1) is 59.9. The van der Waals surface area contributed by atoms with Crippen molar-refractivity contribution in [1.29, 1.82) is 0 Å². The molecule has 0 spiro atoms. The number of nitrogens with one attached hydrogen (secondary N) is 1. The fraction of sp³-hybridized carbons (Fsp3) is 0.679. The monoisotopic (exact) mass is 1040 g/mol. The maximum atomic E-state index is 14.5. The van der Waals surface area contributed by atoms with Crippen LogP contribution < -0.4 is 4.72 Å². The summed E-state index contributed by atoms with van der Waals surface area (Å²) in [5, 5.41) is 34.2. The Morgan fingerprint density at radius 3 is 2.32 bits per heavy atom. The number of cyclic esters (lactones) is 1. The molecule has 3 fully saturated rings. The number of nitrogens with zero attached hydrogens (tertiary/aromatic N) is 1. The Bertz CT molecular complexity index is 2280. The Kier molecular flexibility index (Phi) is 22.3. The lowest BCUT2D eigenvalue weighted by atomic mass is 9.78. The summed E-state index contributed by atoms with van der Waals surface area (Å²) in [5.41, 5.74) is 1.09. The Hall–Kier alpha value is -3.94. The number of ketones is 2. The van der Waals surface area contributed by atoms with Crippen molar-refractivity contribution in [2.75, 3.05) is 20.8 Å². The molecule has 5 rings (SSSR count). The number of rotatable bonds is 8. The molecule has 1 amide bonds. The minimum Gasteiger partial charge on any atom is -0.461 e. The number of fused-ring (bicyclic) bond motifs is 3. The van der Waals surface area contributed by atoms with E-state index < -0.39 is 93.7 Å². The maximum absolute atomic E-state index is 14.5. The third kappa shape index (κ3) is 16.0.